The average molecular weight is 449 g/mol. The highest BCUT2D eigenvalue weighted by molar-refractivity contribution is 9.08. The molecule has 122 valence electrons. The summed E-state index contributed by atoms with van der Waals surface area (Å²) >= 11 is 16.8. The molecule has 0 spiro atoms. The molecule has 1 saturated heterocycles. The van der Waals surface area contributed by atoms with Gasteiger partial charge in [-0.3, -0.25) is 4.79 Å². The van der Waals surface area contributed by atoms with Crippen LogP contribution >= 0.6 is 50.9 Å². The highest BCUT2D eigenvalue weighted by Crippen LogP contribution is 2.36. The second-order valence-electron chi connectivity index (χ2n) is 4.40. The van der Waals surface area contributed by atoms with Gasteiger partial charge in [-0.05, 0) is 12.1 Å². The largest absolute Gasteiger partial charge is 0.468 e. The zero-order valence-electron chi connectivity index (χ0n) is 11.4. The van der Waals surface area contributed by atoms with Crippen LogP contribution in [0, 0.1) is 0 Å². The number of ether oxygens (including phenoxy) is 1. The van der Waals surface area contributed by atoms with E-state index in [0.29, 0.717) is 21.7 Å². The summed E-state index contributed by atoms with van der Waals surface area (Å²) in [5.74, 6) is -0.0630. The van der Waals surface area contributed by atoms with Crippen LogP contribution in [0.25, 0.3) is 0 Å². The van der Waals surface area contributed by atoms with Crippen molar-refractivity contribution in [2.45, 2.75) is 16.3 Å². The number of hydrogen-bond donors (Lipinski definition) is 0. The molecular formula is C12H12BrCl2NO4S2. The SMILES string of the molecule is COC(=O)[C@@H]1CSCN1S(=O)(=O)c1ccc(Cl)c(CBr)c1Cl. The van der Waals surface area contributed by atoms with Gasteiger partial charge in [-0.2, -0.15) is 4.31 Å². The maximum Gasteiger partial charge on any atom is 0.325 e. The van der Waals surface area contributed by atoms with E-state index in [2.05, 4.69) is 20.7 Å². The van der Waals surface area contributed by atoms with E-state index in [-0.39, 0.29) is 15.8 Å². The molecule has 0 amide bonds. The smallest absolute Gasteiger partial charge is 0.325 e. The van der Waals surface area contributed by atoms with E-state index >= 15 is 0 Å². The molecule has 0 saturated carbocycles. The zero-order valence-corrected chi connectivity index (χ0v) is 16.1. The predicted molar refractivity (Wildman–Crippen MR) is 91.2 cm³/mol. The summed E-state index contributed by atoms with van der Waals surface area (Å²) in [5.41, 5.74) is 0.492. The van der Waals surface area contributed by atoms with Crippen molar-refractivity contribution >= 4 is 66.9 Å². The molecule has 0 radical (unpaired) electrons. The Hall–Kier alpha value is 0.01000. The molecule has 10 heteroatoms. The van der Waals surface area contributed by atoms with Gasteiger partial charge in [0.2, 0.25) is 10.0 Å². The summed E-state index contributed by atoms with van der Waals surface area (Å²) in [4.78, 5) is 11.7. The van der Waals surface area contributed by atoms with Crippen LogP contribution in [-0.2, 0) is 24.9 Å². The minimum atomic E-state index is -3.92. The van der Waals surface area contributed by atoms with Gasteiger partial charge in [-0.15, -0.1) is 11.8 Å². The number of hydrogen-bond acceptors (Lipinski definition) is 5. The van der Waals surface area contributed by atoms with Crippen LogP contribution in [0.1, 0.15) is 5.56 Å². The molecule has 0 N–H and O–H groups in total. The van der Waals surface area contributed by atoms with Crippen LogP contribution in [0.4, 0.5) is 0 Å². The van der Waals surface area contributed by atoms with E-state index in [1.54, 1.807) is 0 Å². The van der Waals surface area contributed by atoms with E-state index < -0.39 is 22.0 Å². The third-order valence-corrected chi connectivity index (χ3v) is 7.72. The molecule has 0 aromatic heterocycles. The number of carbonyl (C=O) groups is 1. The van der Waals surface area contributed by atoms with Crippen molar-refractivity contribution in [1.82, 2.24) is 4.31 Å². The maximum absolute atomic E-state index is 12.8. The third kappa shape index (κ3) is 3.27. The Bertz CT molecular complexity index is 699. The van der Waals surface area contributed by atoms with Crippen LogP contribution in [0.2, 0.25) is 10.0 Å². The lowest BCUT2D eigenvalue weighted by molar-refractivity contribution is -0.143. The monoisotopic (exact) mass is 447 g/mol. The zero-order chi connectivity index (χ0) is 16.5. The Kier molecular flexibility index (Phi) is 6.07. The average Bonchev–Trinajstić information content (AvgIpc) is 2.96. The molecule has 5 nitrogen and oxygen atoms in total. The van der Waals surface area contributed by atoms with Crippen molar-refractivity contribution in [3.05, 3.63) is 27.7 Å². The Morgan fingerprint density at radius 1 is 1.50 bits per heavy atom. The van der Waals surface area contributed by atoms with Crippen molar-refractivity contribution in [1.29, 1.82) is 0 Å². The van der Waals surface area contributed by atoms with Crippen molar-refractivity contribution < 1.29 is 17.9 Å². The number of methoxy groups -OCH3 is 1. The van der Waals surface area contributed by atoms with Crippen LogP contribution in [-0.4, -0.2) is 43.5 Å². The van der Waals surface area contributed by atoms with E-state index in [1.165, 1.54) is 31.0 Å². The highest BCUT2D eigenvalue weighted by atomic mass is 79.9. The van der Waals surface area contributed by atoms with Gasteiger partial charge < -0.3 is 4.74 Å². The third-order valence-electron chi connectivity index (χ3n) is 3.19. The van der Waals surface area contributed by atoms with Crippen LogP contribution in [0.3, 0.4) is 0 Å². The van der Waals surface area contributed by atoms with E-state index in [9.17, 15) is 13.2 Å². The first-order valence-corrected chi connectivity index (χ1v) is 10.5. The number of thioether (sulfide) groups is 1. The second-order valence-corrected chi connectivity index (χ2v) is 8.61. The first kappa shape index (κ1) is 18.4. The normalized spacial score (nSPS) is 19.4. The minimum absolute atomic E-state index is 0.0601. The number of sulfonamides is 1. The van der Waals surface area contributed by atoms with Crippen molar-refractivity contribution in [2.24, 2.45) is 0 Å². The molecule has 1 aliphatic rings. The fourth-order valence-electron chi connectivity index (χ4n) is 2.01. The fraction of sp³-hybridized carbons (Fsp3) is 0.417. The Balaban J connectivity index is 2.49. The fourth-order valence-corrected chi connectivity index (χ4v) is 6.93. The molecule has 1 aromatic rings. The Labute approximate surface area is 151 Å². The Morgan fingerprint density at radius 2 is 2.18 bits per heavy atom. The molecule has 1 fully saturated rings. The predicted octanol–water partition coefficient (Wildman–Crippen LogP) is 3.12. The van der Waals surface area contributed by atoms with Crippen LogP contribution in [0.5, 0.6) is 0 Å². The molecule has 2 rings (SSSR count). The van der Waals surface area contributed by atoms with Crippen LogP contribution < -0.4 is 0 Å². The molecule has 1 heterocycles. The van der Waals surface area contributed by atoms with Gasteiger partial charge in [0.15, 0.2) is 0 Å². The minimum Gasteiger partial charge on any atom is -0.468 e. The number of halogens is 3. The maximum atomic E-state index is 12.8. The highest BCUT2D eigenvalue weighted by Gasteiger charge is 2.41. The summed E-state index contributed by atoms with van der Waals surface area (Å²) in [6.45, 7) is 0. The van der Waals surface area contributed by atoms with E-state index in [4.69, 9.17) is 23.2 Å². The molecular weight excluding hydrogens is 437 g/mol. The standard InChI is InChI=1S/C12H12BrCl2NO4S2/c1-20-12(17)9-5-21-6-16(9)22(18,19)10-3-2-8(14)7(4-13)11(10)15/h2-3,9H,4-6H2,1H3/t9-/m0/s1. The summed E-state index contributed by atoms with van der Waals surface area (Å²) in [6, 6.07) is 1.98. The summed E-state index contributed by atoms with van der Waals surface area (Å²) in [7, 11) is -2.69. The number of esters is 1. The van der Waals surface area contributed by atoms with Gasteiger partial charge in [-0.1, -0.05) is 39.1 Å². The summed E-state index contributed by atoms with van der Waals surface area (Å²) < 4.78 is 31.4. The van der Waals surface area contributed by atoms with Gasteiger partial charge in [0.25, 0.3) is 0 Å². The lowest BCUT2D eigenvalue weighted by atomic mass is 10.2. The molecule has 0 aliphatic carbocycles. The summed E-state index contributed by atoms with van der Waals surface area (Å²) in [5, 5.41) is 0.759. The number of rotatable bonds is 4. The molecule has 1 aromatic carbocycles. The first-order valence-electron chi connectivity index (χ1n) is 6.04. The van der Waals surface area contributed by atoms with E-state index in [0.717, 1.165) is 4.31 Å². The van der Waals surface area contributed by atoms with Gasteiger partial charge in [0, 0.05) is 21.7 Å². The Morgan fingerprint density at radius 3 is 2.77 bits per heavy atom. The van der Waals surface area contributed by atoms with Crippen molar-refractivity contribution in [2.75, 3.05) is 18.7 Å². The molecule has 0 bridgehead atoms. The second kappa shape index (κ2) is 7.27. The lowest BCUT2D eigenvalue weighted by Gasteiger charge is -2.22. The molecule has 22 heavy (non-hydrogen) atoms. The van der Waals surface area contributed by atoms with Gasteiger partial charge >= 0.3 is 5.97 Å². The summed E-state index contributed by atoms with van der Waals surface area (Å²) in [6.07, 6.45) is 0. The van der Waals surface area contributed by atoms with E-state index in [1.807, 2.05) is 0 Å². The number of benzene rings is 1. The lowest BCUT2D eigenvalue weighted by Crippen LogP contribution is -2.42. The topological polar surface area (TPSA) is 63.7 Å². The van der Waals surface area contributed by atoms with Gasteiger partial charge in [0.1, 0.15) is 10.9 Å². The molecule has 1 aliphatic heterocycles. The quantitative estimate of drug-likeness (QED) is 0.523. The number of alkyl halides is 1. The van der Waals surface area contributed by atoms with Gasteiger partial charge in [-0.25, -0.2) is 8.42 Å². The van der Waals surface area contributed by atoms with Gasteiger partial charge in [0.05, 0.1) is 18.0 Å². The van der Waals surface area contributed by atoms with Crippen molar-refractivity contribution in [3.8, 4) is 0 Å². The number of carbonyl (C=O) groups excluding carboxylic acids is 1. The molecule has 0 unspecified atom stereocenters. The number of nitrogens with zero attached hydrogens (tertiary/aromatic N) is 1. The molecule has 1 atom stereocenters. The van der Waals surface area contributed by atoms with Crippen LogP contribution in [0.15, 0.2) is 17.0 Å². The van der Waals surface area contributed by atoms with Crippen molar-refractivity contribution in [3.63, 3.8) is 0 Å². The first-order chi connectivity index (χ1) is 10.3.